The van der Waals surface area contributed by atoms with E-state index in [9.17, 15) is 14.4 Å². The van der Waals surface area contributed by atoms with Gasteiger partial charge in [0, 0.05) is 12.1 Å². The minimum absolute atomic E-state index is 0.169. The van der Waals surface area contributed by atoms with Crippen molar-refractivity contribution in [3.8, 4) is 0 Å². The number of hydrogen-bond acceptors (Lipinski definition) is 3. The summed E-state index contributed by atoms with van der Waals surface area (Å²) in [4.78, 5) is 35.4. The largest absolute Gasteiger partial charge is 0.354 e. The van der Waals surface area contributed by atoms with E-state index in [4.69, 9.17) is 0 Å². The highest BCUT2D eigenvalue weighted by molar-refractivity contribution is 5.97. The Morgan fingerprint density at radius 2 is 1.78 bits per heavy atom. The highest BCUT2D eigenvalue weighted by atomic mass is 16.2. The molecule has 0 saturated carbocycles. The van der Waals surface area contributed by atoms with E-state index in [1.54, 1.807) is 19.1 Å². The quantitative estimate of drug-likeness (QED) is 0.702. The van der Waals surface area contributed by atoms with Crippen LogP contribution < -0.4 is 16.0 Å². The molecule has 0 spiro atoms. The monoisotopic (exact) mass is 319 g/mol. The van der Waals surface area contributed by atoms with Crippen molar-refractivity contribution in [1.29, 1.82) is 0 Å². The first-order valence-corrected chi connectivity index (χ1v) is 7.77. The van der Waals surface area contributed by atoms with Gasteiger partial charge in [-0.05, 0) is 50.5 Å². The molecule has 23 heavy (non-hydrogen) atoms. The van der Waals surface area contributed by atoms with Crippen LogP contribution in [0.2, 0.25) is 0 Å². The summed E-state index contributed by atoms with van der Waals surface area (Å²) in [6, 6.07) is 4.73. The summed E-state index contributed by atoms with van der Waals surface area (Å²) in [5, 5.41) is 7.80. The van der Waals surface area contributed by atoms with E-state index in [1.807, 2.05) is 26.8 Å². The molecule has 1 rings (SSSR count). The summed E-state index contributed by atoms with van der Waals surface area (Å²) < 4.78 is 0. The van der Waals surface area contributed by atoms with Gasteiger partial charge in [0.2, 0.25) is 11.8 Å². The standard InChI is InChI=1S/C17H25N3O3/c1-5-8-18-16(22)13(4)20-15(21)10-19-17(23)14-7-6-11(2)12(3)9-14/h6-7,9,13H,5,8,10H2,1-4H3,(H,18,22)(H,19,23)(H,20,21). The van der Waals surface area contributed by atoms with E-state index in [-0.39, 0.29) is 18.4 Å². The van der Waals surface area contributed by atoms with E-state index >= 15 is 0 Å². The lowest BCUT2D eigenvalue weighted by molar-refractivity contribution is -0.128. The van der Waals surface area contributed by atoms with Gasteiger partial charge in [0.15, 0.2) is 0 Å². The van der Waals surface area contributed by atoms with Crippen LogP contribution in [0.4, 0.5) is 0 Å². The molecule has 0 aromatic heterocycles. The smallest absolute Gasteiger partial charge is 0.251 e. The second kappa shape index (κ2) is 8.92. The molecule has 0 aliphatic carbocycles. The summed E-state index contributed by atoms with van der Waals surface area (Å²) in [6.07, 6.45) is 0.832. The average Bonchev–Trinajstić information content (AvgIpc) is 2.52. The second-order valence-electron chi connectivity index (χ2n) is 5.56. The first-order chi connectivity index (χ1) is 10.8. The Morgan fingerprint density at radius 1 is 1.09 bits per heavy atom. The molecule has 1 atom stereocenters. The minimum atomic E-state index is -0.632. The van der Waals surface area contributed by atoms with Gasteiger partial charge in [-0.25, -0.2) is 0 Å². The van der Waals surface area contributed by atoms with Crippen LogP contribution in [0, 0.1) is 13.8 Å². The van der Waals surface area contributed by atoms with Gasteiger partial charge in [0.05, 0.1) is 6.54 Å². The predicted molar refractivity (Wildman–Crippen MR) is 89.2 cm³/mol. The molecular formula is C17H25N3O3. The highest BCUT2D eigenvalue weighted by Crippen LogP contribution is 2.09. The summed E-state index contributed by atoms with van der Waals surface area (Å²) >= 11 is 0. The maximum Gasteiger partial charge on any atom is 0.251 e. The molecule has 1 aromatic rings. The average molecular weight is 319 g/mol. The molecule has 0 saturated heterocycles. The van der Waals surface area contributed by atoms with E-state index in [2.05, 4.69) is 16.0 Å². The summed E-state index contributed by atoms with van der Waals surface area (Å²) in [6.45, 7) is 7.85. The lowest BCUT2D eigenvalue weighted by atomic mass is 10.1. The number of carbonyl (C=O) groups excluding carboxylic acids is 3. The fourth-order valence-electron chi connectivity index (χ4n) is 1.90. The zero-order valence-electron chi connectivity index (χ0n) is 14.2. The fourth-order valence-corrected chi connectivity index (χ4v) is 1.90. The van der Waals surface area contributed by atoms with Gasteiger partial charge < -0.3 is 16.0 Å². The lowest BCUT2D eigenvalue weighted by Gasteiger charge is -2.14. The first kappa shape index (κ1) is 18.7. The molecule has 1 aromatic carbocycles. The molecule has 0 radical (unpaired) electrons. The topological polar surface area (TPSA) is 87.3 Å². The van der Waals surface area contributed by atoms with Crippen molar-refractivity contribution < 1.29 is 14.4 Å². The summed E-state index contributed by atoms with van der Waals surface area (Å²) in [5.74, 6) is -0.951. The molecule has 6 nitrogen and oxygen atoms in total. The number of hydrogen-bond donors (Lipinski definition) is 3. The fraction of sp³-hybridized carbons (Fsp3) is 0.471. The molecule has 0 aliphatic rings. The van der Waals surface area contributed by atoms with Crippen molar-refractivity contribution in [2.24, 2.45) is 0 Å². The Balaban J connectivity index is 2.44. The second-order valence-corrected chi connectivity index (χ2v) is 5.56. The van der Waals surface area contributed by atoms with E-state index in [0.29, 0.717) is 12.1 Å². The third-order valence-electron chi connectivity index (χ3n) is 3.50. The predicted octanol–water partition coefficient (Wildman–Crippen LogP) is 1.06. The van der Waals surface area contributed by atoms with Crippen molar-refractivity contribution in [3.05, 3.63) is 34.9 Å². The van der Waals surface area contributed by atoms with Crippen LogP contribution in [0.15, 0.2) is 18.2 Å². The van der Waals surface area contributed by atoms with Gasteiger partial charge in [0.25, 0.3) is 5.91 Å². The van der Waals surface area contributed by atoms with Crippen LogP contribution in [0.1, 0.15) is 41.8 Å². The zero-order valence-corrected chi connectivity index (χ0v) is 14.2. The molecule has 3 N–H and O–H groups in total. The SMILES string of the molecule is CCCNC(=O)C(C)NC(=O)CNC(=O)c1ccc(C)c(C)c1. The molecule has 0 aliphatic heterocycles. The van der Waals surface area contributed by atoms with Crippen LogP contribution in [0.5, 0.6) is 0 Å². The molecule has 3 amide bonds. The molecule has 126 valence electrons. The zero-order chi connectivity index (χ0) is 17.4. The lowest BCUT2D eigenvalue weighted by Crippen LogP contribution is -2.48. The number of nitrogens with one attached hydrogen (secondary N) is 3. The number of amides is 3. The third kappa shape index (κ3) is 6.10. The third-order valence-corrected chi connectivity index (χ3v) is 3.50. The van der Waals surface area contributed by atoms with Crippen molar-refractivity contribution in [3.63, 3.8) is 0 Å². The summed E-state index contributed by atoms with van der Waals surface area (Å²) in [7, 11) is 0. The van der Waals surface area contributed by atoms with Crippen molar-refractivity contribution in [2.45, 2.75) is 40.2 Å². The minimum Gasteiger partial charge on any atom is -0.354 e. The van der Waals surface area contributed by atoms with Crippen LogP contribution >= 0.6 is 0 Å². The molecule has 0 heterocycles. The molecule has 1 unspecified atom stereocenters. The van der Waals surface area contributed by atoms with E-state index < -0.39 is 11.9 Å². The van der Waals surface area contributed by atoms with Gasteiger partial charge in [0.1, 0.15) is 6.04 Å². The van der Waals surface area contributed by atoms with Gasteiger partial charge >= 0.3 is 0 Å². The maximum atomic E-state index is 12.0. The van der Waals surface area contributed by atoms with Gasteiger partial charge in [-0.1, -0.05) is 13.0 Å². The number of carbonyl (C=O) groups is 3. The van der Waals surface area contributed by atoms with E-state index in [0.717, 1.165) is 17.5 Å². The number of benzene rings is 1. The first-order valence-electron chi connectivity index (χ1n) is 7.77. The van der Waals surface area contributed by atoms with Crippen molar-refractivity contribution >= 4 is 17.7 Å². The normalized spacial score (nSPS) is 11.5. The Kier molecular flexibility index (Phi) is 7.25. The molecular weight excluding hydrogens is 294 g/mol. The maximum absolute atomic E-state index is 12.0. The van der Waals surface area contributed by atoms with E-state index in [1.165, 1.54) is 0 Å². The molecule has 0 fully saturated rings. The van der Waals surface area contributed by atoms with Gasteiger partial charge in [-0.15, -0.1) is 0 Å². The number of rotatable bonds is 7. The van der Waals surface area contributed by atoms with Gasteiger partial charge in [-0.3, -0.25) is 14.4 Å². The van der Waals surface area contributed by atoms with Crippen LogP contribution in [0.3, 0.4) is 0 Å². The van der Waals surface area contributed by atoms with Crippen LogP contribution in [0.25, 0.3) is 0 Å². The highest BCUT2D eigenvalue weighted by Gasteiger charge is 2.15. The Bertz CT molecular complexity index is 584. The molecule has 0 bridgehead atoms. The summed E-state index contributed by atoms with van der Waals surface area (Å²) in [5.41, 5.74) is 2.63. The Morgan fingerprint density at radius 3 is 2.39 bits per heavy atom. The van der Waals surface area contributed by atoms with Crippen molar-refractivity contribution in [1.82, 2.24) is 16.0 Å². The number of aryl methyl sites for hydroxylation is 2. The van der Waals surface area contributed by atoms with Crippen LogP contribution in [-0.4, -0.2) is 36.9 Å². The Labute approximate surface area is 137 Å². The Hall–Kier alpha value is -2.37. The van der Waals surface area contributed by atoms with Crippen molar-refractivity contribution in [2.75, 3.05) is 13.1 Å². The van der Waals surface area contributed by atoms with Gasteiger partial charge in [-0.2, -0.15) is 0 Å². The molecule has 6 heteroatoms. The van der Waals surface area contributed by atoms with Crippen LogP contribution in [-0.2, 0) is 9.59 Å².